The minimum absolute atomic E-state index is 0.764. The van der Waals surface area contributed by atoms with Crippen molar-refractivity contribution in [1.82, 2.24) is 14.9 Å². The van der Waals surface area contributed by atoms with Gasteiger partial charge in [-0.2, -0.15) is 0 Å². The zero-order chi connectivity index (χ0) is 14.8. The second-order valence-corrected chi connectivity index (χ2v) is 5.78. The number of fused-ring (bicyclic) bond motifs is 1. The molecular formula is C17H18ClN3. The molecule has 3 nitrogen and oxygen atoms in total. The lowest BCUT2D eigenvalue weighted by Gasteiger charge is -2.06. The number of aryl methyl sites for hydroxylation is 1. The highest BCUT2D eigenvalue weighted by atomic mass is 35.5. The Morgan fingerprint density at radius 3 is 2.86 bits per heavy atom. The highest BCUT2D eigenvalue weighted by Gasteiger charge is 2.09. The number of rotatable bonds is 4. The third kappa shape index (κ3) is 2.94. The van der Waals surface area contributed by atoms with Gasteiger partial charge in [-0.3, -0.25) is 4.98 Å². The molecule has 0 fully saturated rings. The van der Waals surface area contributed by atoms with Crippen LogP contribution in [0.15, 0.2) is 42.9 Å². The van der Waals surface area contributed by atoms with E-state index in [1.54, 1.807) is 0 Å². The number of benzene rings is 1. The largest absolute Gasteiger partial charge is 0.343 e. The van der Waals surface area contributed by atoms with Crippen LogP contribution < -0.4 is 5.32 Å². The Hall–Kier alpha value is -1.84. The van der Waals surface area contributed by atoms with Crippen LogP contribution in [0.25, 0.3) is 10.9 Å². The molecule has 3 aromatic rings. The van der Waals surface area contributed by atoms with Crippen molar-refractivity contribution in [2.45, 2.75) is 20.0 Å². The van der Waals surface area contributed by atoms with Gasteiger partial charge in [-0.25, -0.2) is 0 Å². The molecule has 4 heteroatoms. The number of aromatic nitrogens is 2. The molecule has 0 aliphatic carbocycles. The summed E-state index contributed by atoms with van der Waals surface area (Å²) in [6.45, 7) is 3.71. The van der Waals surface area contributed by atoms with Gasteiger partial charge in [-0.1, -0.05) is 23.7 Å². The van der Waals surface area contributed by atoms with Gasteiger partial charge >= 0.3 is 0 Å². The van der Waals surface area contributed by atoms with E-state index in [-0.39, 0.29) is 0 Å². The lowest BCUT2D eigenvalue weighted by atomic mass is 10.2. The maximum Gasteiger partial charge on any atom is 0.0501 e. The standard InChI is InChI=1S/C17H18ClN3/c1-12-5-13(8-20-7-12)10-21-11-14(9-19-2)16-4-3-15(18)6-17(16)21/h3-8,11,19H,9-10H2,1-2H3. The van der Waals surface area contributed by atoms with Crippen molar-refractivity contribution >= 4 is 22.5 Å². The van der Waals surface area contributed by atoms with Gasteiger partial charge in [0.15, 0.2) is 0 Å². The number of pyridine rings is 1. The van der Waals surface area contributed by atoms with E-state index in [9.17, 15) is 0 Å². The first-order valence-corrected chi connectivity index (χ1v) is 7.37. The van der Waals surface area contributed by atoms with Crippen LogP contribution in [0.4, 0.5) is 0 Å². The smallest absolute Gasteiger partial charge is 0.0501 e. The van der Waals surface area contributed by atoms with Crippen LogP contribution in [0.3, 0.4) is 0 Å². The summed E-state index contributed by atoms with van der Waals surface area (Å²) in [7, 11) is 1.96. The lowest BCUT2D eigenvalue weighted by molar-refractivity contribution is 0.793. The Balaban J connectivity index is 2.06. The summed E-state index contributed by atoms with van der Waals surface area (Å²) in [5.74, 6) is 0. The average Bonchev–Trinajstić information content (AvgIpc) is 2.77. The second kappa shape index (κ2) is 5.88. The quantitative estimate of drug-likeness (QED) is 0.795. The molecule has 1 aromatic carbocycles. The Morgan fingerprint density at radius 1 is 1.24 bits per heavy atom. The Bertz CT molecular complexity index is 777. The van der Waals surface area contributed by atoms with Gasteiger partial charge in [0.2, 0.25) is 0 Å². The summed E-state index contributed by atoms with van der Waals surface area (Å²) in [6, 6.07) is 8.23. The van der Waals surface area contributed by atoms with Crippen LogP contribution in [-0.4, -0.2) is 16.6 Å². The van der Waals surface area contributed by atoms with Gasteiger partial charge in [-0.05, 0) is 42.8 Å². The van der Waals surface area contributed by atoms with Crippen molar-refractivity contribution in [3.05, 3.63) is 64.6 Å². The minimum Gasteiger partial charge on any atom is -0.343 e. The molecular weight excluding hydrogens is 282 g/mol. The first kappa shape index (κ1) is 14.1. The molecule has 2 aromatic heterocycles. The Labute approximate surface area is 129 Å². The van der Waals surface area contributed by atoms with Crippen molar-refractivity contribution in [2.24, 2.45) is 0 Å². The van der Waals surface area contributed by atoms with Crippen molar-refractivity contribution < 1.29 is 0 Å². The van der Waals surface area contributed by atoms with Crippen molar-refractivity contribution in [2.75, 3.05) is 7.05 Å². The molecule has 0 spiro atoms. The minimum atomic E-state index is 0.764. The fraction of sp³-hybridized carbons (Fsp3) is 0.235. The predicted octanol–water partition coefficient (Wildman–Crippen LogP) is 3.77. The molecule has 2 heterocycles. The number of hydrogen-bond donors (Lipinski definition) is 1. The second-order valence-electron chi connectivity index (χ2n) is 5.34. The average molecular weight is 300 g/mol. The number of nitrogens with zero attached hydrogens (tertiary/aromatic N) is 2. The third-order valence-corrected chi connectivity index (χ3v) is 3.81. The van der Waals surface area contributed by atoms with Gasteiger partial charge < -0.3 is 9.88 Å². The molecule has 21 heavy (non-hydrogen) atoms. The van der Waals surface area contributed by atoms with Crippen LogP contribution in [0, 0.1) is 6.92 Å². The molecule has 0 saturated heterocycles. The fourth-order valence-corrected chi connectivity index (χ4v) is 2.87. The van der Waals surface area contributed by atoms with Crippen LogP contribution >= 0.6 is 11.6 Å². The summed E-state index contributed by atoms with van der Waals surface area (Å²) in [5.41, 5.74) is 4.82. The third-order valence-electron chi connectivity index (χ3n) is 3.58. The summed E-state index contributed by atoms with van der Waals surface area (Å²) in [6.07, 6.45) is 5.99. The highest BCUT2D eigenvalue weighted by molar-refractivity contribution is 6.31. The van der Waals surface area contributed by atoms with E-state index in [4.69, 9.17) is 11.6 Å². The van der Waals surface area contributed by atoms with E-state index in [0.717, 1.165) is 23.6 Å². The van der Waals surface area contributed by atoms with Crippen molar-refractivity contribution in [3.8, 4) is 0 Å². The molecule has 108 valence electrons. The van der Waals surface area contributed by atoms with E-state index < -0.39 is 0 Å². The van der Waals surface area contributed by atoms with Crippen LogP contribution in [0.1, 0.15) is 16.7 Å². The molecule has 0 aliphatic rings. The van der Waals surface area contributed by atoms with Crippen LogP contribution in [0.5, 0.6) is 0 Å². The number of nitrogens with one attached hydrogen (secondary N) is 1. The van der Waals surface area contributed by atoms with Crippen molar-refractivity contribution in [1.29, 1.82) is 0 Å². The zero-order valence-electron chi connectivity index (χ0n) is 12.2. The fourth-order valence-electron chi connectivity index (χ4n) is 2.70. The van der Waals surface area contributed by atoms with E-state index in [0.29, 0.717) is 0 Å². The zero-order valence-corrected chi connectivity index (χ0v) is 13.0. The molecule has 0 atom stereocenters. The predicted molar refractivity (Wildman–Crippen MR) is 87.8 cm³/mol. The van der Waals surface area contributed by atoms with Gasteiger partial charge in [0.25, 0.3) is 0 Å². The van der Waals surface area contributed by atoms with Crippen molar-refractivity contribution in [3.63, 3.8) is 0 Å². The number of halogens is 1. The number of hydrogen-bond acceptors (Lipinski definition) is 2. The molecule has 0 unspecified atom stereocenters. The molecule has 3 rings (SSSR count). The van der Waals surface area contributed by atoms with Crippen LogP contribution in [-0.2, 0) is 13.1 Å². The molecule has 0 amide bonds. The van der Waals surface area contributed by atoms with Crippen LogP contribution in [0.2, 0.25) is 5.02 Å². The van der Waals surface area contributed by atoms with Gasteiger partial charge in [0.05, 0.1) is 5.52 Å². The summed E-state index contributed by atoms with van der Waals surface area (Å²) in [5, 5.41) is 5.23. The van der Waals surface area contributed by atoms with Gasteiger partial charge in [-0.15, -0.1) is 0 Å². The Morgan fingerprint density at radius 2 is 2.10 bits per heavy atom. The molecule has 0 aliphatic heterocycles. The molecule has 0 bridgehead atoms. The first-order valence-electron chi connectivity index (χ1n) is 7.00. The Kier molecular flexibility index (Phi) is 3.95. The van der Waals surface area contributed by atoms with E-state index in [1.807, 2.05) is 31.6 Å². The van der Waals surface area contributed by atoms with Gasteiger partial charge in [0, 0.05) is 42.1 Å². The summed E-state index contributed by atoms with van der Waals surface area (Å²) < 4.78 is 2.24. The van der Waals surface area contributed by atoms with E-state index in [2.05, 4.69) is 40.1 Å². The summed E-state index contributed by atoms with van der Waals surface area (Å²) in [4.78, 5) is 4.27. The van der Waals surface area contributed by atoms with Gasteiger partial charge in [0.1, 0.15) is 0 Å². The SMILES string of the molecule is CNCc1cn(Cc2cncc(C)c2)c2cc(Cl)ccc12. The maximum absolute atomic E-state index is 6.16. The first-order chi connectivity index (χ1) is 10.2. The monoisotopic (exact) mass is 299 g/mol. The normalized spacial score (nSPS) is 11.2. The molecule has 0 saturated carbocycles. The van der Waals surface area contributed by atoms with E-state index in [1.165, 1.54) is 22.1 Å². The molecule has 1 N–H and O–H groups in total. The summed E-state index contributed by atoms with van der Waals surface area (Å²) >= 11 is 6.16. The topological polar surface area (TPSA) is 29.9 Å². The molecule has 0 radical (unpaired) electrons. The maximum atomic E-state index is 6.16. The van der Waals surface area contributed by atoms with E-state index >= 15 is 0 Å². The lowest BCUT2D eigenvalue weighted by Crippen LogP contribution is -2.04. The highest BCUT2D eigenvalue weighted by Crippen LogP contribution is 2.25.